The highest BCUT2D eigenvalue weighted by Gasteiger charge is 2.49. The molecule has 10 heteroatoms. The number of carbonyl (C=O) groups is 2. The first-order chi connectivity index (χ1) is 13.0. The zero-order valence-electron chi connectivity index (χ0n) is 14.9. The number of hydrogen-bond donors (Lipinski definition) is 1. The molecule has 146 valence electrons. The Morgan fingerprint density at radius 2 is 1.85 bits per heavy atom. The second-order valence-corrected chi connectivity index (χ2v) is 5.87. The Hall–Kier alpha value is -2.65. The summed E-state index contributed by atoms with van der Waals surface area (Å²) >= 11 is 0. The molecular formula is C17H21N3O7. The summed E-state index contributed by atoms with van der Waals surface area (Å²) in [6.45, 7) is 2.00. The van der Waals surface area contributed by atoms with Gasteiger partial charge in [0.1, 0.15) is 24.4 Å². The van der Waals surface area contributed by atoms with Crippen molar-refractivity contribution < 1.29 is 33.6 Å². The number of azide groups is 1. The molecular weight excluding hydrogens is 358 g/mol. The third-order valence-electron chi connectivity index (χ3n) is 3.85. The van der Waals surface area contributed by atoms with Crippen molar-refractivity contribution in [3.05, 3.63) is 46.3 Å². The molecule has 0 radical (unpaired) electrons. The lowest BCUT2D eigenvalue weighted by Gasteiger charge is -2.43. The molecule has 1 heterocycles. The van der Waals surface area contributed by atoms with Gasteiger partial charge in [0.2, 0.25) is 6.29 Å². The maximum atomic E-state index is 11.6. The van der Waals surface area contributed by atoms with Crippen molar-refractivity contribution in [2.45, 2.75) is 51.1 Å². The van der Waals surface area contributed by atoms with Gasteiger partial charge in [-0.2, -0.15) is 0 Å². The zero-order valence-corrected chi connectivity index (χ0v) is 14.9. The van der Waals surface area contributed by atoms with Crippen molar-refractivity contribution >= 4 is 11.9 Å². The van der Waals surface area contributed by atoms with Crippen molar-refractivity contribution in [1.29, 1.82) is 0 Å². The molecule has 1 aliphatic rings. The molecule has 5 atom stereocenters. The molecule has 0 saturated carbocycles. The average Bonchev–Trinajstić information content (AvgIpc) is 2.63. The van der Waals surface area contributed by atoms with Crippen LogP contribution in [-0.4, -0.2) is 54.3 Å². The van der Waals surface area contributed by atoms with E-state index in [0.29, 0.717) is 0 Å². The number of hydrogen-bond acceptors (Lipinski definition) is 8. The van der Waals surface area contributed by atoms with Gasteiger partial charge in [-0.15, -0.1) is 0 Å². The molecule has 27 heavy (non-hydrogen) atoms. The molecule has 1 aromatic carbocycles. The van der Waals surface area contributed by atoms with Crippen molar-refractivity contribution in [1.82, 2.24) is 0 Å². The second kappa shape index (κ2) is 9.89. The Morgan fingerprint density at radius 1 is 1.19 bits per heavy atom. The van der Waals surface area contributed by atoms with Crippen LogP contribution in [0.4, 0.5) is 0 Å². The summed E-state index contributed by atoms with van der Waals surface area (Å²) < 4.78 is 21.7. The predicted octanol–water partition coefficient (Wildman–Crippen LogP) is 1.46. The molecule has 0 amide bonds. The van der Waals surface area contributed by atoms with Gasteiger partial charge in [-0.1, -0.05) is 35.4 Å². The topological polar surface area (TPSA) is 140 Å². The van der Waals surface area contributed by atoms with E-state index in [4.69, 9.17) is 24.5 Å². The third kappa shape index (κ3) is 5.66. The zero-order chi connectivity index (χ0) is 19.8. The number of benzene rings is 1. The summed E-state index contributed by atoms with van der Waals surface area (Å²) in [5.41, 5.74) is 9.72. The summed E-state index contributed by atoms with van der Waals surface area (Å²) in [7, 11) is 0. The number of aliphatic hydroxyl groups excluding tert-OH is 1. The van der Waals surface area contributed by atoms with E-state index < -0.39 is 49.2 Å². The van der Waals surface area contributed by atoms with Gasteiger partial charge in [0.15, 0.2) is 0 Å². The van der Waals surface area contributed by atoms with E-state index in [0.717, 1.165) is 12.5 Å². The summed E-state index contributed by atoms with van der Waals surface area (Å²) in [5.74, 6) is -1.33. The first kappa shape index (κ1) is 20.7. The highest BCUT2D eigenvalue weighted by molar-refractivity contribution is 5.67. The van der Waals surface area contributed by atoms with Crippen LogP contribution in [0.3, 0.4) is 0 Å². The smallest absolute Gasteiger partial charge is 0.304 e. The van der Waals surface area contributed by atoms with Gasteiger partial charge in [-0.25, -0.2) is 0 Å². The van der Waals surface area contributed by atoms with Gasteiger partial charge in [0.25, 0.3) is 0 Å². The minimum Gasteiger partial charge on any atom is -0.459 e. The minimum absolute atomic E-state index is 0.143. The van der Waals surface area contributed by atoms with Crippen LogP contribution in [0.25, 0.3) is 10.4 Å². The SMILES string of the molecule is CC(=O)OC1O[C@H](CO)[C@@H](OCc2ccccc2)[C@H](OC(C)=O)[C@H]1N=[N+]=[N-]. The lowest BCUT2D eigenvalue weighted by atomic mass is 9.97. The highest BCUT2D eigenvalue weighted by atomic mass is 16.7. The monoisotopic (exact) mass is 379 g/mol. The lowest BCUT2D eigenvalue weighted by molar-refractivity contribution is -0.271. The Kier molecular flexibility index (Phi) is 7.56. The van der Waals surface area contributed by atoms with Crippen molar-refractivity contribution in [2.24, 2.45) is 5.11 Å². The Labute approximate surface area is 155 Å². The van der Waals surface area contributed by atoms with Crippen LogP contribution in [0.15, 0.2) is 35.4 Å². The fraction of sp³-hybridized carbons (Fsp3) is 0.529. The van der Waals surface area contributed by atoms with Crippen LogP contribution < -0.4 is 0 Å². The number of rotatable bonds is 7. The maximum absolute atomic E-state index is 11.6. The fourth-order valence-electron chi connectivity index (χ4n) is 2.78. The third-order valence-corrected chi connectivity index (χ3v) is 3.85. The normalized spacial score (nSPS) is 27.3. The Bertz CT molecular complexity index is 693. The molecule has 2 rings (SSSR count). The van der Waals surface area contributed by atoms with E-state index in [1.165, 1.54) is 6.92 Å². The minimum atomic E-state index is -1.32. The van der Waals surface area contributed by atoms with Crippen molar-refractivity contribution in [2.75, 3.05) is 6.61 Å². The van der Waals surface area contributed by atoms with E-state index in [2.05, 4.69) is 10.0 Å². The van der Waals surface area contributed by atoms with Crippen molar-refractivity contribution in [3.8, 4) is 0 Å². The van der Waals surface area contributed by atoms with E-state index in [1.54, 1.807) is 0 Å². The van der Waals surface area contributed by atoms with Crippen LogP contribution in [0.1, 0.15) is 19.4 Å². The summed E-state index contributed by atoms with van der Waals surface area (Å²) in [6, 6.07) is 8.03. The molecule has 1 aromatic rings. The van der Waals surface area contributed by atoms with Crippen LogP contribution >= 0.6 is 0 Å². The first-order valence-electron chi connectivity index (χ1n) is 8.26. The van der Waals surface area contributed by atoms with Crippen LogP contribution in [0.5, 0.6) is 0 Å². The van der Waals surface area contributed by atoms with Crippen LogP contribution in [-0.2, 0) is 35.1 Å². The van der Waals surface area contributed by atoms with Gasteiger partial charge in [0.05, 0.1) is 13.2 Å². The summed E-state index contributed by atoms with van der Waals surface area (Å²) in [6.07, 6.45) is -4.34. The van der Waals surface area contributed by atoms with Crippen LogP contribution in [0.2, 0.25) is 0 Å². The van der Waals surface area contributed by atoms with E-state index in [-0.39, 0.29) is 6.61 Å². The second-order valence-electron chi connectivity index (χ2n) is 5.87. The Balaban J connectivity index is 2.29. The molecule has 1 unspecified atom stereocenters. The van der Waals surface area contributed by atoms with Crippen molar-refractivity contribution in [3.63, 3.8) is 0 Å². The number of aliphatic hydroxyl groups is 1. The fourth-order valence-corrected chi connectivity index (χ4v) is 2.78. The van der Waals surface area contributed by atoms with E-state index in [9.17, 15) is 14.7 Å². The van der Waals surface area contributed by atoms with Gasteiger partial charge < -0.3 is 24.1 Å². The van der Waals surface area contributed by atoms with Crippen LogP contribution in [0, 0.1) is 0 Å². The molecule has 0 aromatic heterocycles. The number of ether oxygens (including phenoxy) is 4. The highest BCUT2D eigenvalue weighted by Crippen LogP contribution is 2.30. The molecule has 1 N–H and O–H groups in total. The summed E-state index contributed by atoms with van der Waals surface area (Å²) in [5, 5.41) is 13.3. The quantitative estimate of drug-likeness (QED) is 0.327. The van der Waals surface area contributed by atoms with Gasteiger partial charge >= 0.3 is 11.9 Å². The molecule has 0 aliphatic carbocycles. The lowest BCUT2D eigenvalue weighted by Crippen LogP contribution is -2.60. The molecule has 1 aliphatic heterocycles. The van der Waals surface area contributed by atoms with Gasteiger partial charge in [0, 0.05) is 18.8 Å². The average molecular weight is 379 g/mol. The van der Waals surface area contributed by atoms with E-state index in [1.807, 2.05) is 30.3 Å². The van der Waals surface area contributed by atoms with Gasteiger partial charge in [-0.3, -0.25) is 9.59 Å². The number of carbonyl (C=O) groups excluding carboxylic acids is 2. The molecule has 10 nitrogen and oxygen atoms in total. The Morgan fingerprint density at radius 3 is 2.41 bits per heavy atom. The summed E-state index contributed by atoms with van der Waals surface area (Å²) in [4.78, 5) is 25.6. The van der Waals surface area contributed by atoms with Gasteiger partial charge in [-0.05, 0) is 11.1 Å². The molecule has 1 fully saturated rings. The maximum Gasteiger partial charge on any atom is 0.304 e. The largest absolute Gasteiger partial charge is 0.459 e. The molecule has 0 bridgehead atoms. The van der Waals surface area contributed by atoms with E-state index >= 15 is 0 Å². The number of esters is 2. The molecule has 1 saturated heterocycles. The number of nitrogens with zero attached hydrogens (tertiary/aromatic N) is 3. The predicted molar refractivity (Wildman–Crippen MR) is 91.0 cm³/mol. The molecule has 0 spiro atoms. The standard InChI is InChI=1S/C17H21N3O7/c1-10(22)25-16-14(19-20-18)17(26-11(2)23)27-13(8-21)15(16)24-9-12-6-4-3-5-7-12/h3-7,13-17,21H,8-9H2,1-2H3/t13-,14-,15-,16-,17?/m1/s1. The first-order valence-corrected chi connectivity index (χ1v) is 8.26.